The summed E-state index contributed by atoms with van der Waals surface area (Å²) in [6.07, 6.45) is 1.46. The minimum Gasteiger partial charge on any atom is -0.383 e. The van der Waals surface area contributed by atoms with Crippen LogP contribution in [0.25, 0.3) is 10.8 Å². The van der Waals surface area contributed by atoms with Gasteiger partial charge in [-0.05, 0) is 32.3 Å². The van der Waals surface area contributed by atoms with Crippen LogP contribution in [0.4, 0.5) is 11.6 Å². The molecule has 1 aliphatic heterocycles. The molecule has 6 nitrogen and oxygen atoms in total. The van der Waals surface area contributed by atoms with E-state index in [0.29, 0.717) is 11.4 Å². The number of piperazine rings is 1. The van der Waals surface area contributed by atoms with Crippen molar-refractivity contribution in [3.63, 3.8) is 0 Å². The van der Waals surface area contributed by atoms with Crippen molar-refractivity contribution >= 4 is 43.0 Å². The maximum atomic E-state index is 7.92. The number of nitrogens with two attached hydrogens (primary N) is 1. The van der Waals surface area contributed by atoms with Crippen LogP contribution >= 0.6 is 15.9 Å². The molecule has 3 N–H and O–H groups in total. The van der Waals surface area contributed by atoms with Crippen molar-refractivity contribution in [1.29, 1.82) is 5.41 Å². The Morgan fingerprint density at radius 3 is 2.56 bits per heavy atom. The number of aromatic nitrogens is 2. The number of rotatable bonds is 4. The molecule has 1 fully saturated rings. The topological polar surface area (TPSA) is 82.1 Å². The molecular weight excluding hydrogens is 404 g/mol. The highest BCUT2D eigenvalue weighted by molar-refractivity contribution is 9.18. The first-order valence-corrected chi connectivity index (χ1v) is 9.71. The van der Waals surface area contributed by atoms with Crippen LogP contribution in [0.3, 0.4) is 0 Å². The highest BCUT2D eigenvalue weighted by Crippen LogP contribution is 2.26. The number of nitrogen functional groups attached to an aromatic ring is 1. The molecule has 0 spiro atoms. The molecule has 1 saturated heterocycles. The van der Waals surface area contributed by atoms with Crippen molar-refractivity contribution in [3.05, 3.63) is 59.9 Å². The van der Waals surface area contributed by atoms with E-state index in [-0.39, 0.29) is 4.62 Å². The quantitative estimate of drug-likeness (QED) is 0.628. The third kappa shape index (κ3) is 3.65. The lowest BCUT2D eigenvalue weighted by molar-refractivity contribution is 0.250. The zero-order chi connectivity index (χ0) is 18.8. The van der Waals surface area contributed by atoms with Crippen LogP contribution in [0.1, 0.15) is 11.1 Å². The summed E-state index contributed by atoms with van der Waals surface area (Å²) < 4.78 is 0.216. The molecule has 0 unspecified atom stereocenters. The fourth-order valence-corrected chi connectivity index (χ4v) is 4.01. The Labute approximate surface area is 166 Å². The summed E-state index contributed by atoms with van der Waals surface area (Å²) >= 11 is 3.22. The number of hydrogen-bond donors (Lipinski definition) is 2. The van der Waals surface area contributed by atoms with Crippen molar-refractivity contribution in [1.82, 2.24) is 14.9 Å². The molecular formula is C20H21BrN6. The van der Waals surface area contributed by atoms with E-state index in [2.05, 4.69) is 78.2 Å². The molecule has 138 valence electrons. The van der Waals surface area contributed by atoms with Gasteiger partial charge in [0.05, 0.1) is 5.56 Å². The Kier molecular flexibility index (Phi) is 5.05. The molecule has 2 aromatic carbocycles. The van der Waals surface area contributed by atoms with Gasteiger partial charge in [0.15, 0.2) is 0 Å². The molecule has 0 saturated carbocycles. The van der Waals surface area contributed by atoms with Gasteiger partial charge in [-0.2, -0.15) is 0 Å². The van der Waals surface area contributed by atoms with Gasteiger partial charge in [-0.15, -0.1) is 0 Å². The number of nitrogens with zero attached hydrogens (tertiary/aromatic N) is 4. The Hall–Kier alpha value is -2.51. The maximum absolute atomic E-state index is 7.92. The van der Waals surface area contributed by atoms with Crippen LogP contribution in [0.5, 0.6) is 0 Å². The second-order valence-corrected chi connectivity index (χ2v) is 7.47. The minimum atomic E-state index is 0.216. The van der Waals surface area contributed by atoms with Gasteiger partial charge in [0.2, 0.25) is 0 Å². The lowest BCUT2D eigenvalue weighted by Gasteiger charge is -2.36. The average molecular weight is 425 g/mol. The zero-order valence-corrected chi connectivity index (χ0v) is 16.5. The number of halogens is 1. The van der Waals surface area contributed by atoms with Gasteiger partial charge in [-0.3, -0.25) is 10.3 Å². The fraction of sp³-hybridized carbons (Fsp3) is 0.250. The fourth-order valence-electron chi connectivity index (χ4n) is 3.63. The Morgan fingerprint density at radius 2 is 1.78 bits per heavy atom. The van der Waals surface area contributed by atoms with Crippen molar-refractivity contribution < 1.29 is 0 Å². The zero-order valence-electron chi connectivity index (χ0n) is 14.9. The molecule has 3 aromatic rings. The maximum Gasteiger partial charge on any atom is 0.144 e. The second kappa shape index (κ2) is 7.62. The van der Waals surface area contributed by atoms with Gasteiger partial charge in [0.1, 0.15) is 22.6 Å². The van der Waals surface area contributed by atoms with E-state index in [9.17, 15) is 0 Å². The lowest BCUT2D eigenvalue weighted by atomic mass is 10.0. The summed E-state index contributed by atoms with van der Waals surface area (Å²) in [6.45, 7) is 4.48. The summed E-state index contributed by atoms with van der Waals surface area (Å²) in [5, 5.41) is 10.5. The molecule has 0 atom stereocenters. The number of nitrogens with one attached hydrogen (secondary N) is 1. The van der Waals surface area contributed by atoms with Crippen LogP contribution in [0.2, 0.25) is 0 Å². The summed E-state index contributed by atoms with van der Waals surface area (Å²) in [5.74, 6) is 1.06. The van der Waals surface area contributed by atoms with Crippen LogP contribution in [-0.2, 0) is 6.54 Å². The molecule has 0 aliphatic carbocycles. The molecule has 1 aromatic heterocycles. The average Bonchev–Trinajstić information content (AvgIpc) is 2.68. The van der Waals surface area contributed by atoms with Gasteiger partial charge < -0.3 is 10.6 Å². The Balaban J connectivity index is 1.48. The van der Waals surface area contributed by atoms with Crippen molar-refractivity contribution in [2.75, 3.05) is 36.8 Å². The molecule has 2 heterocycles. The predicted molar refractivity (Wildman–Crippen MR) is 114 cm³/mol. The van der Waals surface area contributed by atoms with Crippen LogP contribution in [-0.4, -0.2) is 45.7 Å². The summed E-state index contributed by atoms with van der Waals surface area (Å²) in [4.78, 5) is 13.0. The molecule has 0 radical (unpaired) electrons. The van der Waals surface area contributed by atoms with Gasteiger partial charge in [0, 0.05) is 32.7 Å². The number of anilines is 2. The Morgan fingerprint density at radius 1 is 1.04 bits per heavy atom. The van der Waals surface area contributed by atoms with Crippen LogP contribution in [0.15, 0.2) is 48.8 Å². The van der Waals surface area contributed by atoms with Gasteiger partial charge in [-0.25, -0.2) is 9.97 Å². The standard InChI is InChI=1S/C20H21BrN6/c21-18(22)17-19(23)24-13-25-20(17)27-10-8-26(9-11-27)12-15-6-3-5-14-4-1-2-7-16(14)15/h1-7,13,22H,8-12H2,(H2,23,24,25). The van der Waals surface area contributed by atoms with E-state index < -0.39 is 0 Å². The summed E-state index contributed by atoms with van der Waals surface area (Å²) in [6, 6.07) is 15.0. The molecule has 1 aliphatic rings. The van der Waals surface area contributed by atoms with E-state index in [0.717, 1.165) is 38.5 Å². The van der Waals surface area contributed by atoms with E-state index in [1.54, 1.807) is 0 Å². The van der Waals surface area contributed by atoms with Gasteiger partial charge in [-0.1, -0.05) is 42.5 Å². The largest absolute Gasteiger partial charge is 0.383 e. The van der Waals surface area contributed by atoms with Gasteiger partial charge in [0.25, 0.3) is 0 Å². The van der Waals surface area contributed by atoms with Crippen LogP contribution in [0, 0.1) is 5.41 Å². The number of fused-ring (bicyclic) bond motifs is 1. The second-order valence-electron chi connectivity index (χ2n) is 6.67. The smallest absolute Gasteiger partial charge is 0.144 e. The minimum absolute atomic E-state index is 0.216. The third-order valence-corrected chi connectivity index (χ3v) is 5.42. The highest BCUT2D eigenvalue weighted by atomic mass is 79.9. The highest BCUT2D eigenvalue weighted by Gasteiger charge is 2.23. The van der Waals surface area contributed by atoms with E-state index >= 15 is 0 Å². The number of hydrogen-bond acceptors (Lipinski definition) is 6. The predicted octanol–water partition coefficient (Wildman–Crippen LogP) is 3.25. The lowest BCUT2D eigenvalue weighted by Crippen LogP contribution is -2.46. The number of benzene rings is 2. The summed E-state index contributed by atoms with van der Waals surface area (Å²) in [7, 11) is 0. The van der Waals surface area contributed by atoms with Crippen molar-refractivity contribution in [2.24, 2.45) is 0 Å². The first-order valence-electron chi connectivity index (χ1n) is 8.92. The van der Waals surface area contributed by atoms with E-state index in [1.165, 1.54) is 22.7 Å². The summed E-state index contributed by atoms with van der Waals surface area (Å²) in [5.41, 5.74) is 7.88. The molecule has 27 heavy (non-hydrogen) atoms. The van der Waals surface area contributed by atoms with Crippen molar-refractivity contribution in [3.8, 4) is 0 Å². The first-order chi connectivity index (χ1) is 13.1. The molecule has 0 amide bonds. The molecule has 0 bridgehead atoms. The third-order valence-electron chi connectivity index (χ3n) is 5.02. The van der Waals surface area contributed by atoms with E-state index in [4.69, 9.17) is 11.1 Å². The van der Waals surface area contributed by atoms with Crippen molar-refractivity contribution in [2.45, 2.75) is 6.54 Å². The monoisotopic (exact) mass is 424 g/mol. The Bertz CT molecular complexity index is 976. The van der Waals surface area contributed by atoms with Gasteiger partial charge >= 0.3 is 0 Å². The molecule has 7 heteroatoms. The normalized spacial score (nSPS) is 15.2. The molecule has 4 rings (SSSR count). The van der Waals surface area contributed by atoms with E-state index in [1.807, 2.05) is 0 Å². The SMILES string of the molecule is N=C(Br)c1c(N)ncnc1N1CCN(Cc2cccc3ccccc23)CC1. The first kappa shape index (κ1) is 17.9. The van der Waals surface area contributed by atoms with Crippen LogP contribution < -0.4 is 10.6 Å².